The molecule has 0 aliphatic carbocycles. The number of rotatable bonds is 4. The quantitative estimate of drug-likeness (QED) is 0.889. The predicted molar refractivity (Wildman–Crippen MR) is 70.6 cm³/mol. The van der Waals surface area contributed by atoms with Gasteiger partial charge in [-0.05, 0) is 24.8 Å². The predicted octanol–water partition coefficient (Wildman–Crippen LogP) is 2.78. The molecule has 0 atom stereocenters. The van der Waals surface area contributed by atoms with E-state index in [-0.39, 0.29) is 5.41 Å². The maximum Gasteiger partial charge on any atom is 0.143 e. The highest BCUT2D eigenvalue weighted by Gasteiger charge is 2.41. The number of nitrogens with zero attached hydrogens (tertiary/aromatic N) is 1. The van der Waals surface area contributed by atoms with Crippen LogP contribution < -0.4 is 0 Å². The second-order valence-electron chi connectivity index (χ2n) is 5.07. The van der Waals surface area contributed by atoms with Crippen molar-refractivity contribution in [3.63, 3.8) is 0 Å². The summed E-state index contributed by atoms with van der Waals surface area (Å²) in [7, 11) is 0. The second kappa shape index (κ2) is 5.63. The van der Waals surface area contributed by atoms with Crippen LogP contribution in [0.4, 0.5) is 0 Å². The molecule has 0 aromatic heterocycles. The minimum absolute atomic E-state index is 0.323. The first-order valence-electron chi connectivity index (χ1n) is 6.72. The molecule has 0 saturated carbocycles. The SMILES string of the molecule is CCCC(=O)C1(c2ccccc2)CCN(O)CC1. The highest BCUT2D eigenvalue weighted by Crippen LogP contribution is 2.37. The van der Waals surface area contributed by atoms with E-state index in [0.717, 1.165) is 12.0 Å². The molecule has 1 saturated heterocycles. The third kappa shape index (κ3) is 2.47. The first-order chi connectivity index (χ1) is 8.69. The van der Waals surface area contributed by atoms with Gasteiger partial charge in [-0.1, -0.05) is 37.3 Å². The lowest BCUT2D eigenvalue weighted by molar-refractivity contribution is -0.138. The molecule has 0 bridgehead atoms. The average Bonchev–Trinajstić information content (AvgIpc) is 2.41. The zero-order valence-corrected chi connectivity index (χ0v) is 10.9. The van der Waals surface area contributed by atoms with Crippen molar-refractivity contribution in [2.75, 3.05) is 13.1 Å². The lowest BCUT2D eigenvalue weighted by atomic mass is 9.69. The molecule has 1 aromatic rings. The first-order valence-corrected chi connectivity index (χ1v) is 6.72. The summed E-state index contributed by atoms with van der Waals surface area (Å²) < 4.78 is 0. The van der Waals surface area contributed by atoms with Crippen LogP contribution in [0.3, 0.4) is 0 Å². The van der Waals surface area contributed by atoms with Crippen molar-refractivity contribution in [3.8, 4) is 0 Å². The molecule has 3 heteroatoms. The van der Waals surface area contributed by atoms with E-state index in [1.54, 1.807) is 0 Å². The fraction of sp³-hybridized carbons (Fsp3) is 0.533. The number of Topliss-reactive ketones (excluding diaryl/α,β-unsaturated/α-hetero) is 1. The van der Waals surface area contributed by atoms with Crippen molar-refractivity contribution in [1.82, 2.24) is 5.06 Å². The highest BCUT2D eigenvalue weighted by atomic mass is 16.5. The fourth-order valence-corrected chi connectivity index (χ4v) is 2.83. The number of benzene rings is 1. The smallest absolute Gasteiger partial charge is 0.143 e. The number of hydrogen-bond acceptors (Lipinski definition) is 3. The highest BCUT2D eigenvalue weighted by molar-refractivity contribution is 5.90. The van der Waals surface area contributed by atoms with Gasteiger partial charge in [0.2, 0.25) is 0 Å². The van der Waals surface area contributed by atoms with Crippen molar-refractivity contribution >= 4 is 5.78 Å². The van der Waals surface area contributed by atoms with Crippen LogP contribution >= 0.6 is 0 Å². The number of hydrogen-bond donors (Lipinski definition) is 1. The number of hydroxylamine groups is 2. The average molecular weight is 247 g/mol. The number of carbonyl (C=O) groups excluding carboxylic acids is 1. The molecule has 1 aromatic carbocycles. The lowest BCUT2D eigenvalue weighted by Gasteiger charge is -2.39. The van der Waals surface area contributed by atoms with E-state index in [0.29, 0.717) is 38.1 Å². The van der Waals surface area contributed by atoms with Crippen molar-refractivity contribution in [1.29, 1.82) is 0 Å². The first kappa shape index (κ1) is 13.2. The van der Waals surface area contributed by atoms with Crippen LogP contribution in [-0.2, 0) is 10.2 Å². The van der Waals surface area contributed by atoms with Gasteiger partial charge in [-0.25, -0.2) is 0 Å². The fourth-order valence-electron chi connectivity index (χ4n) is 2.83. The Hall–Kier alpha value is -1.19. The molecule has 2 rings (SSSR count). The summed E-state index contributed by atoms with van der Waals surface area (Å²) in [4.78, 5) is 12.5. The largest absolute Gasteiger partial charge is 0.314 e. The van der Waals surface area contributed by atoms with Gasteiger partial charge in [0.15, 0.2) is 0 Å². The normalized spacial score (nSPS) is 19.7. The molecule has 98 valence electrons. The Morgan fingerprint density at radius 2 is 1.89 bits per heavy atom. The number of carbonyl (C=O) groups is 1. The zero-order chi connectivity index (χ0) is 13.0. The Balaban J connectivity index is 2.31. The van der Waals surface area contributed by atoms with E-state index < -0.39 is 0 Å². The van der Waals surface area contributed by atoms with Crippen molar-refractivity contribution in [2.45, 2.75) is 38.0 Å². The Morgan fingerprint density at radius 1 is 1.28 bits per heavy atom. The summed E-state index contributed by atoms with van der Waals surface area (Å²) in [6, 6.07) is 10.0. The summed E-state index contributed by atoms with van der Waals surface area (Å²) in [6.45, 7) is 3.19. The van der Waals surface area contributed by atoms with Crippen LogP contribution in [0.25, 0.3) is 0 Å². The van der Waals surface area contributed by atoms with Crippen molar-refractivity contribution in [3.05, 3.63) is 35.9 Å². The third-order valence-corrected chi connectivity index (χ3v) is 3.93. The van der Waals surface area contributed by atoms with E-state index in [1.807, 2.05) is 37.3 Å². The molecule has 1 N–H and O–H groups in total. The Kier molecular flexibility index (Phi) is 4.15. The molecule has 3 nitrogen and oxygen atoms in total. The van der Waals surface area contributed by atoms with Crippen LogP contribution in [0.1, 0.15) is 38.2 Å². The molecule has 0 amide bonds. The zero-order valence-electron chi connectivity index (χ0n) is 10.9. The summed E-state index contributed by atoms with van der Waals surface area (Å²) in [5.74, 6) is 0.323. The number of piperidine rings is 1. The summed E-state index contributed by atoms with van der Waals surface area (Å²) in [5, 5.41) is 10.8. The molecule has 1 fully saturated rings. The topological polar surface area (TPSA) is 40.5 Å². The number of ketones is 1. The van der Waals surface area contributed by atoms with Crippen molar-refractivity contribution in [2.24, 2.45) is 0 Å². The van der Waals surface area contributed by atoms with Crippen LogP contribution in [0.5, 0.6) is 0 Å². The van der Waals surface area contributed by atoms with E-state index in [4.69, 9.17) is 0 Å². The van der Waals surface area contributed by atoms with Gasteiger partial charge in [0.1, 0.15) is 5.78 Å². The van der Waals surface area contributed by atoms with Crippen LogP contribution in [0.2, 0.25) is 0 Å². The Labute approximate surface area is 108 Å². The van der Waals surface area contributed by atoms with Gasteiger partial charge in [0, 0.05) is 19.5 Å². The molecule has 1 aliphatic heterocycles. The van der Waals surface area contributed by atoms with Gasteiger partial charge in [-0.15, -0.1) is 0 Å². The van der Waals surface area contributed by atoms with Gasteiger partial charge in [0.05, 0.1) is 5.41 Å². The van der Waals surface area contributed by atoms with E-state index in [9.17, 15) is 10.0 Å². The second-order valence-corrected chi connectivity index (χ2v) is 5.07. The van der Waals surface area contributed by atoms with E-state index in [1.165, 1.54) is 5.06 Å². The monoisotopic (exact) mass is 247 g/mol. The Morgan fingerprint density at radius 3 is 2.44 bits per heavy atom. The van der Waals surface area contributed by atoms with Crippen LogP contribution in [0.15, 0.2) is 30.3 Å². The van der Waals surface area contributed by atoms with Crippen LogP contribution in [0, 0.1) is 0 Å². The molecule has 0 radical (unpaired) electrons. The maximum absolute atomic E-state index is 12.5. The summed E-state index contributed by atoms with van der Waals surface area (Å²) in [5.41, 5.74) is 0.729. The van der Waals surface area contributed by atoms with Gasteiger partial charge in [0.25, 0.3) is 0 Å². The molecular formula is C15H21NO2. The third-order valence-electron chi connectivity index (χ3n) is 3.93. The summed E-state index contributed by atoms with van der Waals surface area (Å²) >= 11 is 0. The van der Waals surface area contributed by atoms with E-state index in [2.05, 4.69) is 0 Å². The molecule has 18 heavy (non-hydrogen) atoms. The van der Waals surface area contributed by atoms with Gasteiger partial charge < -0.3 is 5.21 Å². The van der Waals surface area contributed by atoms with Crippen molar-refractivity contribution < 1.29 is 10.0 Å². The lowest BCUT2D eigenvalue weighted by Crippen LogP contribution is -2.46. The van der Waals surface area contributed by atoms with Gasteiger partial charge >= 0.3 is 0 Å². The molecule has 0 spiro atoms. The molecule has 1 heterocycles. The summed E-state index contributed by atoms with van der Waals surface area (Å²) in [6.07, 6.45) is 2.94. The standard InChI is InChI=1S/C15H21NO2/c1-2-6-14(17)15(9-11-16(18)12-10-15)13-7-4-3-5-8-13/h3-5,7-8,18H,2,6,9-12H2,1H3. The van der Waals surface area contributed by atoms with Crippen LogP contribution in [-0.4, -0.2) is 29.1 Å². The molecular weight excluding hydrogens is 226 g/mol. The Bertz CT molecular complexity index is 394. The minimum atomic E-state index is -0.378. The maximum atomic E-state index is 12.5. The molecule has 1 aliphatic rings. The van der Waals surface area contributed by atoms with Gasteiger partial charge in [-0.2, -0.15) is 5.06 Å². The van der Waals surface area contributed by atoms with E-state index >= 15 is 0 Å². The minimum Gasteiger partial charge on any atom is -0.314 e. The van der Waals surface area contributed by atoms with Gasteiger partial charge in [-0.3, -0.25) is 4.79 Å². The molecule has 0 unspecified atom stereocenters.